The smallest absolute Gasteiger partial charge is 0.330 e. The van der Waals surface area contributed by atoms with Crippen molar-refractivity contribution in [3.63, 3.8) is 0 Å². The van der Waals surface area contributed by atoms with E-state index in [1.165, 1.54) is 30.0 Å². The molecule has 1 N–H and O–H groups in total. The van der Waals surface area contributed by atoms with Gasteiger partial charge in [0.2, 0.25) is 5.91 Å². The van der Waals surface area contributed by atoms with E-state index in [4.69, 9.17) is 0 Å². The summed E-state index contributed by atoms with van der Waals surface area (Å²) in [7, 11) is 2.96. The Morgan fingerprint density at radius 1 is 1.22 bits per heavy atom. The average molecular weight is 367 g/mol. The van der Waals surface area contributed by atoms with Crippen LogP contribution in [0.1, 0.15) is 11.4 Å². The van der Waals surface area contributed by atoms with Crippen LogP contribution in [-0.4, -0.2) is 31.1 Å². The van der Waals surface area contributed by atoms with Crippen LogP contribution in [0.4, 0.5) is 0 Å². The van der Waals surface area contributed by atoms with E-state index in [-0.39, 0.29) is 11.5 Å². The minimum absolute atomic E-state index is 0.270. The van der Waals surface area contributed by atoms with Crippen LogP contribution in [0.15, 0.2) is 46.1 Å². The van der Waals surface area contributed by atoms with Crippen molar-refractivity contribution in [1.82, 2.24) is 24.0 Å². The lowest BCUT2D eigenvalue weighted by molar-refractivity contribution is -0.116. The van der Waals surface area contributed by atoms with Crippen LogP contribution in [0.25, 0.3) is 17.1 Å². The molecule has 0 saturated carbocycles. The zero-order chi connectivity index (χ0) is 19.6. The van der Waals surface area contributed by atoms with Crippen LogP contribution >= 0.6 is 0 Å². The SMILES string of the molecule is Cc1nc2ccccc2n1CCNC(=O)/C=C/c1cn(C)c(=O)n(C)c1=O. The largest absolute Gasteiger partial charge is 0.351 e. The summed E-state index contributed by atoms with van der Waals surface area (Å²) in [4.78, 5) is 40.2. The molecule has 0 aliphatic heterocycles. The van der Waals surface area contributed by atoms with Crippen molar-refractivity contribution in [2.75, 3.05) is 6.54 Å². The first-order valence-corrected chi connectivity index (χ1v) is 8.53. The summed E-state index contributed by atoms with van der Waals surface area (Å²) in [5, 5.41) is 2.79. The van der Waals surface area contributed by atoms with Crippen molar-refractivity contribution in [3.05, 3.63) is 68.8 Å². The first-order valence-electron chi connectivity index (χ1n) is 8.53. The molecule has 8 heteroatoms. The number of imidazole rings is 1. The van der Waals surface area contributed by atoms with E-state index in [0.717, 1.165) is 21.4 Å². The molecule has 0 spiro atoms. The Morgan fingerprint density at radius 3 is 2.74 bits per heavy atom. The molecule has 27 heavy (non-hydrogen) atoms. The van der Waals surface area contributed by atoms with Gasteiger partial charge in [-0.25, -0.2) is 9.78 Å². The Hall–Kier alpha value is -3.42. The van der Waals surface area contributed by atoms with Gasteiger partial charge in [-0.3, -0.25) is 14.2 Å². The highest BCUT2D eigenvalue weighted by atomic mass is 16.2. The number of fused-ring (bicyclic) bond motifs is 1. The van der Waals surface area contributed by atoms with Crippen molar-refractivity contribution in [2.45, 2.75) is 13.5 Å². The summed E-state index contributed by atoms with van der Waals surface area (Å²) in [6.45, 7) is 2.94. The Morgan fingerprint density at radius 2 is 1.96 bits per heavy atom. The van der Waals surface area contributed by atoms with Gasteiger partial charge >= 0.3 is 5.69 Å². The van der Waals surface area contributed by atoms with Gasteiger partial charge in [-0.1, -0.05) is 12.1 Å². The highest BCUT2D eigenvalue weighted by Gasteiger charge is 2.07. The van der Waals surface area contributed by atoms with Gasteiger partial charge in [0, 0.05) is 39.5 Å². The van der Waals surface area contributed by atoms with Gasteiger partial charge < -0.3 is 14.5 Å². The zero-order valence-corrected chi connectivity index (χ0v) is 15.5. The van der Waals surface area contributed by atoms with Gasteiger partial charge in [0.1, 0.15) is 5.82 Å². The monoisotopic (exact) mass is 367 g/mol. The number of para-hydroxylation sites is 2. The maximum absolute atomic E-state index is 12.0. The number of benzene rings is 1. The third-order valence-corrected chi connectivity index (χ3v) is 4.37. The van der Waals surface area contributed by atoms with E-state index in [2.05, 4.69) is 10.3 Å². The molecule has 0 unspecified atom stereocenters. The van der Waals surface area contributed by atoms with Crippen molar-refractivity contribution < 1.29 is 4.79 Å². The van der Waals surface area contributed by atoms with Gasteiger partial charge in [0.05, 0.1) is 16.6 Å². The minimum Gasteiger partial charge on any atom is -0.351 e. The fraction of sp³-hybridized carbons (Fsp3) is 0.263. The van der Waals surface area contributed by atoms with Crippen molar-refractivity contribution in [3.8, 4) is 0 Å². The highest BCUT2D eigenvalue weighted by molar-refractivity contribution is 5.91. The molecule has 1 amide bonds. The molecular weight excluding hydrogens is 346 g/mol. The van der Waals surface area contributed by atoms with E-state index in [1.54, 1.807) is 7.05 Å². The third-order valence-electron chi connectivity index (χ3n) is 4.37. The molecule has 1 aromatic carbocycles. The number of aryl methyl sites for hydroxylation is 2. The second-order valence-electron chi connectivity index (χ2n) is 6.27. The summed E-state index contributed by atoms with van der Waals surface area (Å²) in [5.41, 5.74) is 1.36. The van der Waals surface area contributed by atoms with Gasteiger partial charge in [0.15, 0.2) is 0 Å². The molecule has 0 radical (unpaired) electrons. The normalized spacial score (nSPS) is 11.4. The lowest BCUT2D eigenvalue weighted by Gasteiger charge is -2.07. The first kappa shape index (κ1) is 18.4. The lowest BCUT2D eigenvalue weighted by Crippen LogP contribution is -2.37. The molecule has 0 saturated heterocycles. The molecule has 3 aromatic rings. The first-order chi connectivity index (χ1) is 12.9. The maximum atomic E-state index is 12.0. The number of aromatic nitrogens is 4. The lowest BCUT2D eigenvalue weighted by atomic mass is 10.3. The Balaban J connectivity index is 1.65. The molecule has 0 fully saturated rings. The van der Waals surface area contributed by atoms with Crippen LogP contribution in [0, 0.1) is 6.92 Å². The topological polar surface area (TPSA) is 90.9 Å². The van der Waals surface area contributed by atoms with E-state index < -0.39 is 11.2 Å². The van der Waals surface area contributed by atoms with E-state index in [9.17, 15) is 14.4 Å². The van der Waals surface area contributed by atoms with Gasteiger partial charge in [-0.2, -0.15) is 0 Å². The number of carbonyl (C=O) groups excluding carboxylic acids is 1. The van der Waals surface area contributed by atoms with Gasteiger partial charge in [-0.15, -0.1) is 0 Å². The Bertz CT molecular complexity index is 1150. The molecular formula is C19H21N5O3. The zero-order valence-electron chi connectivity index (χ0n) is 15.5. The van der Waals surface area contributed by atoms with Crippen LogP contribution in [0.5, 0.6) is 0 Å². The summed E-state index contributed by atoms with van der Waals surface area (Å²) < 4.78 is 4.35. The molecule has 0 bridgehead atoms. The molecule has 0 atom stereocenters. The third kappa shape index (κ3) is 3.74. The number of amides is 1. The van der Waals surface area contributed by atoms with Gasteiger partial charge in [-0.05, 0) is 25.1 Å². The second-order valence-corrected chi connectivity index (χ2v) is 6.27. The quantitative estimate of drug-likeness (QED) is 0.668. The second kappa shape index (κ2) is 7.45. The number of hydrogen-bond donors (Lipinski definition) is 1. The maximum Gasteiger partial charge on any atom is 0.330 e. The Kier molecular flexibility index (Phi) is 5.07. The van der Waals surface area contributed by atoms with Crippen LogP contribution in [0.3, 0.4) is 0 Å². The van der Waals surface area contributed by atoms with Crippen molar-refractivity contribution in [2.24, 2.45) is 14.1 Å². The number of hydrogen-bond acceptors (Lipinski definition) is 4. The fourth-order valence-electron chi connectivity index (χ4n) is 2.94. The highest BCUT2D eigenvalue weighted by Crippen LogP contribution is 2.14. The summed E-state index contributed by atoms with van der Waals surface area (Å²) in [6.07, 6.45) is 4.12. The molecule has 2 heterocycles. The summed E-state index contributed by atoms with van der Waals surface area (Å²) in [5.74, 6) is 0.572. The molecule has 8 nitrogen and oxygen atoms in total. The molecule has 2 aromatic heterocycles. The van der Waals surface area contributed by atoms with Crippen LogP contribution in [-0.2, 0) is 25.4 Å². The average Bonchev–Trinajstić information content (AvgIpc) is 2.97. The van der Waals surface area contributed by atoms with Crippen LogP contribution in [0.2, 0.25) is 0 Å². The predicted molar refractivity (Wildman–Crippen MR) is 103 cm³/mol. The van der Waals surface area contributed by atoms with Gasteiger partial charge in [0.25, 0.3) is 5.56 Å². The predicted octanol–water partition coefficient (Wildman–Crippen LogP) is 0.572. The standard InChI is InChI=1S/C19H21N5O3/c1-13-21-15-6-4-5-7-16(15)24(13)11-10-20-17(25)9-8-14-12-22(2)19(27)23(3)18(14)26/h4-9,12H,10-11H2,1-3H3,(H,20,25)/b9-8+. The molecule has 0 aliphatic rings. The summed E-state index contributed by atoms with van der Waals surface area (Å²) in [6, 6.07) is 7.84. The number of nitrogens with zero attached hydrogens (tertiary/aromatic N) is 4. The summed E-state index contributed by atoms with van der Waals surface area (Å²) >= 11 is 0. The minimum atomic E-state index is -0.442. The van der Waals surface area contributed by atoms with E-state index in [0.29, 0.717) is 13.1 Å². The van der Waals surface area contributed by atoms with Crippen molar-refractivity contribution >= 4 is 23.0 Å². The number of rotatable bonds is 5. The van der Waals surface area contributed by atoms with E-state index >= 15 is 0 Å². The molecule has 0 aliphatic carbocycles. The molecule has 140 valence electrons. The molecule has 3 rings (SSSR count). The Labute approximate surface area is 155 Å². The number of nitrogens with one attached hydrogen (secondary N) is 1. The van der Waals surface area contributed by atoms with Crippen LogP contribution < -0.4 is 16.6 Å². The number of carbonyl (C=O) groups is 1. The van der Waals surface area contributed by atoms with E-state index in [1.807, 2.05) is 35.8 Å². The fourth-order valence-corrected chi connectivity index (χ4v) is 2.94. The van der Waals surface area contributed by atoms with Crippen molar-refractivity contribution in [1.29, 1.82) is 0 Å².